The van der Waals surface area contributed by atoms with Crippen molar-refractivity contribution >= 4 is 34.2 Å². The van der Waals surface area contributed by atoms with Crippen LogP contribution < -0.4 is 0 Å². The van der Waals surface area contributed by atoms with Crippen molar-refractivity contribution in [3.05, 3.63) is 53.6 Å². The van der Waals surface area contributed by atoms with Crippen LogP contribution in [0.4, 0.5) is 11.4 Å². The molecule has 0 bridgehead atoms. The van der Waals surface area contributed by atoms with Gasteiger partial charge in [-0.3, -0.25) is 14.5 Å². The standard InChI is InChI=1S/C21H19N3O5.Ni/c1-3-12(11-28-2)24-19(25)14-8-6-9-15(17(14)20(24)26)22-23-18-13-7-4-5-10-16(13)29-21(18)27;/h4-10,12,27H,3,11H2,1-2H3;/q;+2. The molecule has 2 amide bonds. The average molecular weight is 452 g/mol. The molecule has 0 fully saturated rings. The van der Waals surface area contributed by atoms with E-state index in [1.165, 1.54) is 12.0 Å². The molecule has 30 heavy (non-hydrogen) atoms. The van der Waals surface area contributed by atoms with Gasteiger partial charge in [0.05, 0.1) is 34.8 Å². The van der Waals surface area contributed by atoms with Gasteiger partial charge in [0, 0.05) is 7.11 Å². The molecular formula is C21H19N3NiO5+2. The Hall–Kier alpha value is -3.03. The number of ether oxygens (including phenoxy) is 1. The van der Waals surface area contributed by atoms with Crippen LogP contribution in [0.1, 0.15) is 34.1 Å². The normalized spacial score (nSPS) is 14.4. The molecule has 2 heterocycles. The van der Waals surface area contributed by atoms with Crippen molar-refractivity contribution in [1.82, 2.24) is 4.90 Å². The Labute approximate surface area is 182 Å². The molecule has 4 rings (SSSR count). The number of benzene rings is 2. The summed E-state index contributed by atoms with van der Waals surface area (Å²) in [6.07, 6.45) is 0.574. The van der Waals surface area contributed by atoms with Crippen molar-refractivity contribution in [3.63, 3.8) is 0 Å². The number of azo groups is 1. The van der Waals surface area contributed by atoms with E-state index in [-0.39, 0.29) is 63.5 Å². The fraction of sp³-hybridized carbons (Fsp3) is 0.238. The van der Waals surface area contributed by atoms with Gasteiger partial charge < -0.3 is 14.3 Å². The quantitative estimate of drug-likeness (QED) is 0.335. The van der Waals surface area contributed by atoms with Gasteiger partial charge in [-0.1, -0.05) is 25.1 Å². The first-order chi connectivity index (χ1) is 14.1. The van der Waals surface area contributed by atoms with E-state index < -0.39 is 5.91 Å². The topological polar surface area (TPSA) is 105 Å². The van der Waals surface area contributed by atoms with Crippen molar-refractivity contribution in [2.45, 2.75) is 19.4 Å². The van der Waals surface area contributed by atoms with Crippen molar-refractivity contribution in [3.8, 4) is 5.95 Å². The van der Waals surface area contributed by atoms with Crippen LogP contribution >= 0.6 is 0 Å². The Balaban J connectivity index is 0.00000256. The molecule has 0 aliphatic carbocycles. The van der Waals surface area contributed by atoms with Crippen LogP contribution in [-0.2, 0) is 21.2 Å². The van der Waals surface area contributed by atoms with Crippen LogP contribution in [0.2, 0.25) is 0 Å². The van der Waals surface area contributed by atoms with Gasteiger partial charge in [-0.15, -0.1) is 10.2 Å². The number of furan rings is 1. The molecule has 1 aliphatic rings. The minimum Gasteiger partial charge on any atom is -0.479 e. The van der Waals surface area contributed by atoms with Crippen LogP contribution in [0, 0.1) is 0 Å². The Morgan fingerprint density at radius 3 is 2.60 bits per heavy atom. The number of rotatable bonds is 6. The number of nitrogens with zero attached hydrogens (tertiary/aromatic N) is 3. The van der Waals surface area contributed by atoms with Gasteiger partial charge in [0.25, 0.3) is 11.8 Å². The van der Waals surface area contributed by atoms with Gasteiger partial charge in [0.1, 0.15) is 5.58 Å². The Bertz CT molecular complexity index is 1140. The third kappa shape index (κ3) is 3.51. The van der Waals surface area contributed by atoms with Gasteiger partial charge in [0.15, 0.2) is 5.69 Å². The summed E-state index contributed by atoms with van der Waals surface area (Å²) in [5, 5.41) is 18.9. The van der Waals surface area contributed by atoms with Crippen molar-refractivity contribution in [1.29, 1.82) is 0 Å². The van der Waals surface area contributed by atoms with E-state index >= 15 is 0 Å². The second-order valence-electron chi connectivity index (χ2n) is 6.65. The number of imide groups is 1. The molecule has 1 aliphatic heterocycles. The first-order valence-electron chi connectivity index (χ1n) is 9.18. The number of fused-ring (bicyclic) bond motifs is 2. The summed E-state index contributed by atoms with van der Waals surface area (Å²) in [5.41, 5.74) is 1.36. The van der Waals surface area contributed by atoms with Crippen LogP contribution in [-0.4, -0.2) is 41.6 Å². The predicted octanol–water partition coefficient (Wildman–Crippen LogP) is 4.57. The van der Waals surface area contributed by atoms with Crippen LogP contribution in [0.3, 0.4) is 0 Å². The van der Waals surface area contributed by atoms with E-state index in [9.17, 15) is 14.7 Å². The number of methoxy groups -OCH3 is 1. The second-order valence-corrected chi connectivity index (χ2v) is 6.65. The summed E-state index contributed by atoms with van der Waals surface area (Å²) < 4.78 is 10.4. The average Bonchev–Trinajstić information content (AvgIpc) is 3.18. The van der Waals surface area contributed by atoms with Crippen LogP contribution in [0.15, 0.2) is 57.1 Å². The number of carbonyl (C=O) groups excluding carboxylic acids is 2. The van der Waals surface area contributed by atoms with Crippen molar-refractivity contribution in [2.75, 3.05) is 13.7 Å². The molecule has 1 atom stereocenters. The van der Waals surface area contributed by atoms with Gasteiger partial charge in [-0.05, 0) is 30.7 Å². The van der Waals surface area contributed by atoms with E-state index in [1.54, 1.807) is 42.5 Å². The summed E-state index contributed by atoms with van der Waals surface area (Å²) in [6.45, 7) is 2.15. The molecule has 9 heteroatoms. The number of hydrogen-bond donors (Lipinski definition) is 1. The number of hydrogen-bond acceptors (Lipinski definition) is 7. The predicted molar refractivity (Wildman–Crippen MR) is 105 cm³/mol. The second kappa shape index (κ2) is 8.77. The van der Waals surface area contributed by atoms with Gasteiger partial charge in [-0.25, -0.2) is 0 Å². The summed E-state index contributed by atoms with van der Waals surface area (Å²) in [5.74, 6) is -1.16. The van der Waals surface area contributed by atoms with E-state index in [0.29, 0.717) is 17.4 Å². The smallest absolute Gasteiger partial charge is 0.479 e. The number of carbonyl (C=O) groups is 2. The molecule has 8 nitrogen and oxygen atoms in total. The zero-order chi connectivity index (χ0) is 20.5. The molecular weight excluding hydrogens is 433 g/mol. The van der Waals surface area contributed by atoms with Gasteiger partial charge in [0.2, 0.25) is 0 Å². The zero-order valence-corrected chi connectivity index (χ0v) is 17.3. The maximum atomic E-state index is 13.0. The maximum Gasteiger partial charge on any atom is 2.00 e. The Morgan fingerprint density at radius 1 is 1.10 bits per heavy atom. The molecule has 156 valence electrons. The third-order valence-corrected chi connectivity index (χ3v) is 4.93. The molecule has 0 saturated carbocycles. The molecule has 3 aromatic rings. The largest absolute Gasteiger partial charge is 2.00 e. The van der Waals surface area contributed by atoms with Crippen molar-refractivity contribution < 1.29 is 40.3 Å². The molecule has 1 N–H and O–H groups in total. The number of aromatic hydroxyl groups is 1. The molecule has 2 aromatic carbocycles. The molecule has 0 radical (unpaired) electrons. The molecule has 0 spiro atoms. The Kier molecular flexibility index (Phi) is 6.34. The summed E-state index contributed by atoms with van der Waals surface area (Å²) >= 11 is 0. The maximum absolute atomic E-state index is 13.0. The fourth-order valence-electron chi connectivity index (χ4n) is 3.49. The minimum absolute atomic E-state index is 0. The number of amides is 2. The van der Waals surface area contributed by atoms with Crippen molar-refractivity contribution in [2.24, 2.45) is 10.2 Å². The van der Waals surface area contributed by atoms with E-state index in [2.05, 4.69) is 10.2 Å². The van der Waals surface area contributed by atoms with Crippen LogP contribution in [0.25, 0.3) is 11.0 Å². The summed E-state index contributed by atoms with van der Waals surface area (Å²) in [6, 6.07) is 11.5. The minimum atomic E-state index is -0.426. The molecule has 0 saturated heterocycles. The Morgan fingerprint density at radius 2 is 1.87 bits per heavy atom. The monoisotopic (exact) mass is 451 g/mol. The third-order valence-electron chi connectivity index (χ3n) is 4.93. The van der Waals surface area contributed by atoms with E-state index in [4.69, 9.17) is 9.15 Å². The SMILES string of the molecule is CCC(COC)N1C(=O)c2cccc(N=Nc3c(O)oc4ccccc34)c2C1=O.[Ni+2]. The van der Waals surface area contributed by atoms with E-state index in [1.807, 2.05) is 6.92 Å². The van der Waals surface area contributed by atoms with Gasteiger partial charge in [-0.2, -0.15) is 0 Å². The summed E-state index contributed by atoms with van der Waals surface area (Å²) in [4.78, 5) is 27.1. The van der Waals surface area contributed by atoms with Crippen LogP contribution in [0.5, 0.6) is 5.95 Å². The first kappa shape index (κ1) is 21.7. The summed E-state index contributed by atoms with van der Waals surface area (Å²) in [7, 11) is 1.53. The molecule has 1 unspecified atom stereocenters. The van der Waals surface area contributed by atoms with E-state index in [0.717, 1.165) is 0 Å². The molecule has 1 aromatic heterocycles. The zero-order valence-electron chi connectivity index (χ0n) is 16.3. The fourth-order valence-corrected chi connectivity index (χ4v) is 3.49. The first-order valence-corrected chi connectivity index (χ1v) is 9.18. The van der Waals surface area contributed by atoms with Gasteiger partial charge >= 0.3 is 22.4 Å². The number of para-hydroxylation sites is 1.